The highest BCUT2D eigenvalue weighted by Crippen LogP contribution is 2.36. The third kappa shape index (κ3) is 4.05. The lowest BCUT2D eigenvalue weighted by Crippen LogP contribution is -2.44. The highest BCUT2D eigenvalue weighted by atomic mass is 16.5. The second kappa shape index (κ2) is 7.06. The minimum atomic E-state index is 0.344. The van der Waals surface area contributed by atoms with Gasteiger partial charge in [-0.25, -0.2) is 0 Å². The molecule has 0 aromatic carbocycles. The normalized spacial score (nSPS) is 18.5. The first-order valence-corrected chi connectivity index (χ1v) is 7.56. The Hall–Kier alpha value is -0.870. The van der Waals surface area contributed by atoms with Gasteiger partial charge in [0.15, 0.2) is 0 Å². The number of ether oxygens (including phenoxy) is 1. The van der Waals surface area contributed by atoms with Crippen molar-refractivity contribution in [3.05, 3.63) is 18.0 Å². The first-order valence-electron chi connectivity index (χ1n) is 7.56. The predicted molar refractivity (Wildman–Crippen MR) is 77.2 cm³/mol. The average Bonchev–Trinajstić information content (AvgIpc) is 3.15. The molecule has 1 N–H and O–H groups in total. The molecule has 0 bridgehead atoms. The Morgan fingerprint density at radius 1 is 1.47 bits per heavy atom. The molecule has 0 aliphatic heterocycles. The van der Waals surface area contributed by atoms with Gasteiger partial charge in [-0.1, -0.05) is 6.92 Å². The highest BCUT2D eigenvalue weighted by molar-refractivity contribution is 5.08. The van der Waals surface area contributed by atoms with Crippen molar-refractivity contribution in [1.82, 2.24) is 15.1 Å². The number of aryl methyl sites for hydroxylation is 1. The van der Waals surface area contributed by atoms with Gasteiger partial charge in [0.05, 0.1) is 12.3 Å². The van der Waals surface area contributed by atoms with Gasteiger partial charge in [-0.2, -0.15) is 5.10 Å². The van der Waals surface area contributed by atoms with E-state index >= 15 is 0 Å². The molecule has 19 heavy (non-hydrogen) atoms. The Balaban J connectivity index is 1.99. The van der Waals surface area contributed by atoms with E-state index in [1.165, 1.54) is 18.4 Å². The number of hydrogen-bond acceptors (Lipinski definition) is 3. The molecule has 1 aliphatic carbocycles. The van der Waals surface area contributed by atoms with E-state index in [1.807, 2.05) is 18.0 Å². The van der Waals surface area contributed by atoms with Gasteiger partial charge in [-0.3, -0.25) is 4.68 Å². The number of methoxy groups -OCH3 is 1. The lowest BCUT2D eigenvalue weighted by Gasteiger charge is -2.27. The lowest BCUT2D eigenvalue weighted by atomic mass is 10.00. The standard InChI is InChI=1S/C15H27N3O/c1-4-8-16-14(15(19-3)13-6-7-13)9-12-10-17-18(5-2)11-12/h10-11,13-16H,4-9H2,1-3H3. The summed E-state index contributed by atoms with van der Waals surface area (Å²) in [6.45, 7) is 6.31. The van der Waals surface area contributed by atoms with Gasteiger partial charge in [0.1, 0.15) is 0 Å². The minimum Gasteiger partial charge on any atom is -0.380 e. The zero-order chi connectivity index (χ0) is 13.7. The molecule has 0 spiro atoms. The van der Waals surface area contributed by atoms with Crippen LogP contribution in [0.2, 0.25) is 0 Å². The van der Waals surface area contributed by atoms with Gasteiger partial charge in [0, 0.05) is 25.9 Å². The molecular formula is C15H27N3O. The fraction of sp³-hybridized carbons (Fsp3) is 0.800. The molecule has 4 heteroatoms. The van der Waals surface area contributed by atoms with Crippen LogP contribution in [0.5, 0.6) is 0 Å². The van der Waals surface area contributed by atoms with Crippen molar-refractivity contribution in [2.45, 2.75) is 58.2 Å². The van der Waals surface area contributed by atoms with E-state index < -0.39 is 0 Å². The molecule has 1 heterocycles. The number of hydrogen-bond donors (Lipinski definition) is 1. The van der Waals surface area contributed by atoms with Crippen molar-refractivity contribution in [2.75, 3.05) is 13.7 Å². The quantitative estimate of drug-likeness (QED) is 0.744. The van der Waals surface area contributed by atoms with Crippen molar-refractivity contribution in [3.63, 3.8) is 0 Å². The molecular weight excluding hydrogens is 238 g/mol. The van der Waals surface area contributed by atoms with Crippen LogP contribution in [0.15, 0.2) is 12.4 Å². The van der Waals surface area contributed by atoms with E-state index in [1.54, 1.807) is 0 Å². The molecule has 1 aromatic rings. The van der Waals surface area contributed by atoms with Crippen LogP contribution in [0.3, 0.4) is 0 Å². The maximum atomic E-state index is 5.75. The van der Waals surface area contributed by atoms with E-state index in [2.05, 4.69) is 30.5 Å². The summed E-state index contributed by atoms with van der Waals surface area (Å²) in [6, 6.07) is 0.409. The third-order valence-corrected chi connectivity index (χ3v) is 3.88. The molecule has 0 saturated heterocycles. The second-order valence-corrected chi connectivity index (χ2v) is 5.51. The van der Waals surface area contributed by atoms with Gasteiger partial charge in [-0.15, -0.1) is 0 Å². The van der Waals surface area contributed by atoms with Crippen molar-refractivity contribution in [3.8, 4) is 0 Å². The molecule has 108 valence electrons. The summed E-state index contributed by atoms with van der Waals surface area (Å²) < 4.78 is 7.74. The molecule has 4 nitrogen and oxygen atoms in total. The van der Waals surface area contributed by atoms with Gasteiger partial charge in [-0.05, 0) is 50.6 Å². The van der Waals surface area contributed by atoms with Crippen molar-refractivity contribution in [2.24, 2.45) is 5.92 Å². The topological polar surface area (TPSA) is 39.1 Å². The van der Waals surface area contributed by atoms with Gasteiger partial charge in [0.2, 0.25) is 0 Å². The zero-order valence-electron chi connectivity index (χ0n) is 12.4. The monoisotopic (exact) mass is 265 g/mol. The average molecular weight is 265 g/mol. The van der Waals surface area contributed by atoms with Crippen molar-refractivity contribution < 1.29 is 4.74 Å². The maximum Gasteiger partial charge on any atom is 0.0755 e. The maximum absolute atomic E-state index is 5.75. The summed E-state index contributed by atoms with van der Waals surface area (Å²) in [5, 5.41) is 8.02. The molecule has 0 radical (unpaired) electrons. The van der Waals surface area contributed by atoms with Crippen LogP contribution in [0.4, 0.5) is 0 Å². The summed E-state index contributed by atoms with van der Waals surface area (Å²) in [5.74, 6) is 0.751. The number of nitrogens with one attached hydrogen (secondary N) is 1. The SMILES string of the molecule is CCCNC(Cc1cnn(CC)c1)C(OC)C1CC1. The summed E-state index contributed by atoms with van der Waals surface area (Å²) in [4.78, 5) is 0. The Kier molecular flexibility index (Phi) is 5.40. The fourth-order valence-corrected chi connectivity index (χ4v) is 2.68. The number of aromatic nitrogens is 2. The molecule has 0 amide bonds. The van der Waals surface area contributed by atoms with Crippen molar-refractivity contribution in [1.29, 1.82) is 0 Å². The Morgan fingerprint density at radius 2 is 2.26 bits per heavy atom. The lowest BCUT2D eigenvalue weighted by molar-refractivity contribution is 0.0511. The Bertz CT molecular complexity index is 373. The molecule has 1 fully saturated rings. The van der Waals surface area contributed by atoms with Crippen LogP contribution in [0.1, 0.15) is 38.7 Å². The van der Waals surface area contributed by atoms with E-state index in [0.29, 0.717) is 12.1 Å². The summed E-state index contributed by atoms with van der Waals surface area (Å²) >= 11 is 0. The molecule has 1 saturated carbocycles. The molecule has 1 aromatic heterocycles. The van der Waals surface area contributed by atoms with Gasteiger partial charge >= 0.3 is 0 Å². The van der Waals surface area contributed by atoms with E-state index in [0.717, 1.165) is 31.8 Å². The molecule has 2 atom stereocenters. The zero-order valence-corrected chi connectivity index (χ0v) is 12.4. The molecule has 1 aliphatic rings. The van der Waals surface area contributed by atoms with Gasteiger partial charge in [0.25, 0.3) is 0 Å². The molecule has 2 unspecified atom stereocenters. The van der Waals surface area contributed by atoms with Crippen molar-refractivity contribution >= 4 is 0 Å². The fourth-order valence-electron chi connectivity index (χ4n) is 2.68. The number of rotatable bonds is 9. The summed E-state index contributed by atoms with van der Waals surface area (Å²) in [6.07, 6.45) is 9.29. The second-order valence-electron chi connectivity index (χ2n) is 5.51. The molecule has 2 rings (SSSR count). The number of nitrogens with zero attached hydrogens (tertiary/aromatic N) is 2. The van der Waals surface area contributed by atoms with Crippen LogP contribution >= 0.6 is 0 Å². The van der Waals surface area contributed by atoms with E-state index in [9.17, 15) is 0 Å². The first kappa shape index (κ1) is 14.5. The van der Waals surface area contributed by atoms with E-state index in [4.69, 9.17) is 4.74 Å². The minimum absolute atomic E-state index is 0.344. The highest BCUT2D eigenvalue weighted by Gasteiger charge is 2.36. The predicted octanol–water partition coefficient (Wildman–Crippen LogP) is 2.24. The first-order chi connectivity index (χ1) is 9.28. The van der Waals surface area contributed by atoms with Crippen LogP contribution in [-0.4, -0.2) is 35.6 Å². The Morgan fingerprint density at radius 3 is 2.79 bits per heavy atom. The van der Waals surface area contributed by atoms with Crippen LogP contribution in [0, 0.1) is 5.92 Å². The van der Waals surface area contributed by atoms with E-state index in [-0.39, 0.29) is 0 Å². The van der Waals surface area contributed by atoms with Crippen LogP contribution < -0.4 is 5.32 Å². The Labute approximate surface area is 116 Å². The summed E-state index contributed by atoms with van der Waals surface area (Å²) in [7, 11) is 1.85. The van der Waals surface area contributed by atoms with Crippen LogP contribution in [-0.2, 0) is 17.7 Å². The summed E-state index contributed by atoms with van der Waals surface area (Å²) in [5.41, 5.74) is 1.30. The third-order valence-electron chi connectivity index (χ3n) is 3.88. The largest absolute Gasteiger partial charge is 0.380 e. The smallest absolute Gasteiger partial charge is 0.0755 e. The van der Waals surface area contributed by atoms with Crippen LogP contribution in [0.25, 0.3) is 0 Å². The van der Waals surface area contributed by atoms with Gasteiger partial charge < -0.3 is 10.1 Å².